The standard InChI is InChI=1S/C13H11N5S/c14-5-8-7-18-13(16-8)19-12(17-18)10-6-15-11-4-2-1-3-9(10)11/h1-4,6-7,15H,5,14H2. The Morgan fingerprint density at radius 3 is 3.05 bits per heavy atom. The van der Waals surface area contributed by atoms with Crippen LogP contribution >= 0.6 is 11.3 Å². The monoisotopic (exact) mass is 269 g/mol. The van der Waals surface area contributed by atoms with Crippen molar-refractivity contribution in [3.63, 3.8) is 0 Å². The molecule has 0 radical (unpaired) electrons. The molecular weight excluding hydrogens is 258 g/mol. The van der Waals surface area contributed by atoms with Crippen LogP contribution in [0.2, 0.25) is 0 Å². The van der Waals surface area contributed by atoms with Crippen LogP contribution in [-0.2, 0) is 6.54 Å². The molecular formula is C13H11N5S. The van der Waals surface area contributed by atoms with E-state index in [0.717, 1.165) is 26.7 Å². The smallest absolute Gasteiger partial charge is 0.212 e. The molecule has 3 aromatic heterocycles. The molecule has 5 nitrogen and oxygen atoms in total. The maximum Gasteiger partial charge on any atom is 0.212 e. The normalized spacial score (nSPS) is 11.6. The summed E-state index contributed by atoms with van der Waals surface area (Å²) in [6.45, 7) is 0.443. The number of hydrogen-bond donors (Lipinski definition) is 2. The van der Waals surface area contributed by atoms with Crippen molar-refractivity contribution in [3.05, 3.63) is 42.4 Å². The van der Waals surface area contributed by atoms with Crippen LogP contribution in [-0.4, -0.2) is 19.6 Å². The van der Waals surface area contributed by atoms with Gasteiger partial charge in [-0.15, -0.1) is 0 Å². The molecule has 0 saturated carbocycles. The largest absolute Gasteiger partial charge is 0.360 e. The minimum absolute atomic E-state index is 0.443. The van der Waals surface area contributed by atoms with Crippen LogP contribution in [0.1, 0.15) is 5.69 Å². The number of para-hydroxylation sites is 1. The lowest BCUT2D eigenvalue weighted by molar-refractivity contribution is 0.960. The summed E-state index contributed by atoms with van der Waals surface area (Å²) in [6.07, 6.45) is 3.87. The molecule has 0 amide bonds. The SMILES string of the molecule is NCc1cn2nc(-c3c[nH]c4ccccc34)sc2n1. The summed E-state index contributed by atoms with van der Waals surface area (Å²) in [5, 5.41) is 6.71. The number of nitrogens with zero attached hydrogens (tertiary/aromatic N) is 3. The summed E-state index contributed by atoms with van der Waals surface area (Å²) in [6, 6.07) is 8.20. The van der Waals surface area contributed by atoms with Crippen molar-refractivity contribution in [1.82, 2.24) is 19.6 Å². The Balaban J connectivity index is 1.91. The second kappa shape index (κ2) is 3.91. The van der Waals surface area contributed by atoms with Crippen molar-refractivity contribution >= 4 is 27.2 Å². The van der Waals surface area contributed by atoms with Crippen LogP contribution in [0.25, 0.3) is 26.4 Å². The fourth-order valence-corrected chi connectivity index (χ4v) is 3.13. The van der Waals surface area contributed by atoms with Gasteiger partial charge in [0, 0.05) is 29.2 Å². The Bertz CT molecular complexity index is 838. The van der Waals surface area contributed by atoms with Gasteiger partial charge in [-0.25, -0.2) is 9.50 Å². The zero-order chi connectivity index (χ0) is 12.8. The lowest BCUT2D eigenvalue weighted by Gasteiger charge is -1.92. The molecule has 0 aliphatic heterocycles. The summed E-state index contributed by atoms with van der Waals surface area (Å²) in [5.74, 6) is 0. The molecule has 19 heavy (non-hydrogen) atoms. The molecule has 0 spiro atoms. The van der Waals surface area contributed by atoms with Crippen molar-refractivity contribution in [2.24, 2.45) is 5.73 Å². The topological polar surface area (TPSA) is 72.0 Å². The van der Waals surface area contributed by atoms with E-state index in [0.29, 0.717) is 6.54 Å². The number of aromatic nitrogens is 4. The molecule has 0 bridgehead atoms. The quantitative estimate of drug-likeness (QED) is 0.587. The Morgan fingerprint density at radius 2 is 2.21 bits per heavy atom. The molecule has 94 valence electrons. The summed E-state index contributed by atoms with van der Waals surface area (Å²) in [7, 11) is 0. The fraction of sp³-hybridized carbons (Fsp3) is 0.0769. The third kappa shape index (κ3) is 1.57. The first-order chi connectivity index (χ1) is 9.35. The third-order valence-electron chi connectivity index (χ3n) is 3.12. The lowest BCUT2D eigenvalue weighted by Crippen LogP contribution is -1.95. The average molecular weight is 269 g/mol. The number of rotatable bonds is 2. The van der Waals surface area contributed by atoms with Gasteiger partial charge in [-0.3, -0.25) is 0 Å². The van der Waals surface area contributed by atoms with Crippen molar-refractivity contribution < 1.29 is 0 Å². The van der Waals surface area contributed by atoms with Crippen LogP contribution < -0.4 is 5.73 Å². The number of aromatic amines is 1. The molecule has 3 N–H and O–H groups in total. The van der Waals surface area contributed by atoms with E-state index in [4.69, 9.17) is 5.73 Å². The number of benzene rings is 1. The molecule has 0 aliphatic carbocycles. The minimum Gasteiger partial charge on any atom is -0.360 e. The van der Waals surface area contributed by atoms with Gasteiger partial charge in [-0.1, -0.05) is 29.5 Å². The summed E-state index contributed by atoms with van der Waals surface area (Å²) < 4.78 is 1.80. The van der Waals surface area contributed by atoms with E-state index in [-0.39, 0.29) is 0 Å². The molecule has 0 saturated heterocycles. The maximum absolute atomic E-state index is 5.58. The highest BCUT2D eigenvalue weighted by Gasteiger charge is 2.12. The molecule has 4 rings (SSSR count). The Hall–Kier alpha value is -2.18. The maximum atomic E-state index is 5.58. The van der Waals surface area contributed by atoms with Gasteiger partial charge in [-0.05, 0) is 6.07 Å². The van der Waals surface area contributed by atoms with E-state index in [1.165, 1.54) is 5.39 Å². The predicted molar refractivity (Wildman–Crippen MR) is 76.0 cm³/mol. The van der Waals surface area contributed by atoms with Crippen molar-refractivity contribution in [1.29, 1.82) is 0 Å². The second-order valence-electron chi connectivity index (χ2n) is 4.32. The summed E-state index contributed by atoms with van der Waals surface area (Å²) in [4.78, 5) is 8.56. The molecule has 3 heterocycles. The molecule has 0 unspecified atom stereocenters. The van der Waals surface area contributed by atoms with Gasteiger partial charge in [-0.2, -0.15) is 5.10 Å². The Labute approximate surface area is 112 Å². The highest BCUT2D eigenvalue weighted by Crippen LogP contribution is 2.31. The molecule has 1 aromatic carbocycles. The van der Waals surface area contributed by atoms with E-state index in [1.807, 2.05) is 24.5 Å². The van der Waals surface area contributed by atoms with Gasteiger partial charge >= 0.3 is 0 Å². The summed E-state index contributed by atoms with van der Waals surface area (Å²) in [5.41, 5.74) is 8.67. The number of imidazole rings is 1. The molecule has 0 fully saturated rings. The van der Waals surface area contributed by atoms with Crippen molar-refractivity contribution in [3.8, 4) is 10.6 Å². The van der Waals surface area contributed by atoms with E-state index in [2.05, 4.69) is 27.2 Å². The van der Waals surface area contributed by atoms with E-state index in [1.54, 1.807) is 15.9 Å². The molecule has 4 aromatic rings. The number of hydrogen-bond acceptors (Lipinski definition) is 4. The van der Waals surface area contributed by atoms with Gasteiger partial charge in [0.05, 0.1) is 11.9 Å². The highest BCUT2D eigenvalue weighted by molar-refractivity contribution is 7.19. The van der Waals surface area contributed by atoms with Crippen LogP contribution in [0.15, 0.2) is 36.7 Å². The minimum atomic E-state index is 0.443. The second-order valence-corrected chi connectivity index (χ2v) is 5.27. The van der Waals surface area contributed by atoms with Crippen LogP contribution in [0.4, 0.5) is 0 Å². The first-order valence-electron chi connectivity index (χ1n) is 5.97. The number of nitrogens with one attached hydrogen (secondary N) is 1. The Morgan fingerprint density at radius 1 is 1.32 bits per heavy atom. The van der Waals surface area contributed by atoms with E-state index < -0.39 is 0 Å². The van der Waals surface area contributed by atoms with Crippen molar-refractivity contribution in [2.45, 2.75) is 6.54 Å². The summed E-state index contributed by atoms with van der Waals surface area (Å²) >= 11 is 1.57. The third-order valence-corrected chi connectivity index (χ3v) is 4.08. The van der Waals surface area contributed by atoms with Crippen LogP contribution in [0, 0.1) is 0 Å². The Kier molecular flexibility index (Phi) is 2.20. The number of fused-ring (bicyclic) bond motifs is 2. The average Bonchev–Trinajstić information content (AvgIpc) is 3.09. The van der Waals surface area contributed by atoms with Crippen LogP contribution in [0.5, 0.6) is 0 Å². The van der Waals surface area contributed by atoms with Crippen LogP contribution in [0.3, 0.4) is 0 Å². The zero-order valence-corrected chi connectivity index (χ0v) is 10.8. The molecule has 6 heteroatoms. The first kappa shape index (κ1) is 10.7. The number of nitrogens with two attached hydrogens (primary N) is 1. The molecule has 0 atom stereocenters. The van der Waals surface area contributed by atoms with Crippen molar-refractivity contribution in [2.75, 3.05) is 0 Å². The van der Waals surface area contributed by atoms with E-state index >= 15 is 0 Å². The fourth-order valence-electron chi connectivity index (χ4n) is 2.20. The highest BCUT2D eigenvalue weighted by atomic mass is 32.1. The van der Waals surface area contributed by atoms with Gasteiger partial charge in [0.25, 0.3) is 0 Å². The van der Waals surface area contributed by atoms with Gasteiger partial charge in [0.15, 0.2) is 0 Å². The number of H-pyrrole nitrogens is 1. The van der Waals surface area contributed by atoms with Gasteiger partial charge < -0.3 is 10.7 Å². The van der Waals surface area contributed by atoms with E-state index in [9.17, 15) is 0 Å². The molecule has 0 aliphatic rings. The first-order valence-corrected chi connectivity index (χ1v) is 6.78. The lowest BCUT2D eigenvalue weighted by atomic mass is 10.2. The predicted octanol–water partition coefficient (Wildman–Crippen LogP) is 2.40. The zero-order valence-electron chi connectivity index (χ0n) is 10.00. The van der Waals surface area contributed by atoms with Gasteiger partial charge in [0.2, 0.25) is 4.96 Å². The van der Waals surface area contributed by atoms with Gasteiger partial charge in [0.1, 0.15) is 5.01 Å².